The number of hydrogen-bond acceptors (Lipinski definition) is 2. The summed E-state index contributed by atoms with van der Waals surface area (Å²) in [6.07, 6.45) is 4.29. The van der Waals surface area contributed by atoms with Crippen LogP contribution in [0.25, 0.3) is 0 Å². The monoisotopic (exact) mass is 158 g/mol. The van der Waals surface area contributed by atoms with Crippen molar-refractivity contribution < 1.29 is 0 Å². The summed E-state index contributed by atoms with van der Waals surface area (Å²) in [5, 5.41) is 0. The second kappa shape index (κ2) is 3.51. The first-order valence-corrected chi connectivity index (χ1v) is 6.62. The molecule has 0 aliphatic carbocycles. The van der Waals surface area contributed by atoms with Crippen LogP contribution in [0.2, 0.25) is 12.1 Å². The van der Waals surface area contributed by atoms with Gasteiger partial charge < -0.3 is 9.96 Å². The third-order valence-corrected chi connectivity index (χ3v) is 6.99. The van der Waals surface area contributed by atoms with Crippen molar-refractivity contribution in [2.75, 3.05) is 14.1 Å². The van der Waals surface area contributed by atoms with E-state index < -0.39 is 8.40 Å². The molecule has 0 bridgehead atoms. The summed E-state index contributed by atoms with van der Waals surface area (Å²) in [6, 6.07) is 2.83. The molecule has 1 saturated heterocycles. The molecule has 0 aromatic heterocycles. The van der Waals surface area contributed by atoms with Crippen molar-refractivity contribution in [1.82, 2.24) is 9.96 Å². The minimum atomic E-state index is -1.13. The normalized spacial score (nSPS) is 24.6. The molecule has 0 radical (unpaired) electrons. The Labute approximate surface area is 64.6 Å². The van der Waals surface area contributed by atoms with Gasteiger partial charge in [-0.05, 0) is 26.2 Å². The first-order chi connectivity index (χ1) is 4.83. The highest BCUT2D eigenvalue weighted by Gasteiger charge is 2.31. The van der Waals surface area contributed by atoms with Gasteiger partial charge in [-0.1, -0.05) is 19.3 Å². The number of hydrogen-bond donors (Lipinski definition) is 2. The minimum absolute atomic E-state index is 1.13. The third kappa shape index (κ3) is 1.59. The summed E-state index contributed by atoms with van der Waals surface area (Å²) in [4.78, 5) is 6.99. The van der Waals surface area contributed by atoms with Crippen molar-refractivity contribution in [3.05, 3.63) is 0 Å². The average molecular weight is 158 g/mol. The SMILES string of the molecule is CN[Si]1(NC)CCCCC1. The van der Waals surface area contributed by atoms with E-state index in [-0.39, 0.29) is 0 Å². The fraction of sp³-hybridized carbons (Fsp3) is 1.00. The van der Waals surface area contributed by atoms with Crippen molar-refractivity contribution in [3.8, 4) is 0 Å². The summed E-state index contributed by atoms with van der Waals surface area (Å²) in [6.45, 7) is 0. The van der Waals surface area contributed by atoms with Crippen molar-refractivity contribution >= 4 is 8.40 Å². The van der Waals surface area contributed by atoms with Gasteiger partial charge in [0.15, 0.2) is 0 Å². The predicted octanol–water partition coefficient (Wildman–Crippen LogP) is 1.05. The Morgan fingerprint density at radius 1 is 0.900 bits per heavy atom. The zero-order valence-electron chi connectivity index (χ0n) is 7.04. The first kappa shape index (κ1) is 8.24. The maximum absolute atomic E-state index is 3.49. The Morgan fingerprint density at radius 3 is 1.70 bits per heavy atom. The maximum atomic E-state index is 3.49. The van der Waals surface area contributed by atoms with Crippen LogP contribution in [0.4, 0.5) is 0 Å². The molecule has 3 heteroatoms. The molecule has 0 aromatic carbocycles. The molecule has 0 unspecified atom stereocenters. The lowest BCUT2D eigenvalue weighted by atomic mass is 10.3. The highest BCUT2D eigenvalue weighted by atomic mass is 28.3. The van der Waals surface area contributed by atoms with Gasteiger partial charge in [-0.2, -0.15) is 0 Å². The number of nitrogens with one attached hydrogen (secondary N) is 2. The van der Waals surface area contributed by atoms with Gasteiger partial charge >= 0.3 is 0 Å². The fourth-order valence-corrected chi connectivity index (χ4v) is 4.99. The Morgan fingerprint density at radius 2 is 1.40 bits per heavy atom. The van der Waals surface area contributed by atoms with Crippen LogP contribution in [0, 0.1) is 0 Å². The van der Waals surface area contributed by atoms with Crippen LogP contribution in [-0.4, -0.2) is 22.5 Å². The van der Waals surface area contributed by atoms with E-state index in [9.17, 15) is 0 Å². The predicted molar refractivity (Wildman–Crippen MR) is 47.3 cm³/mol. The lowest BCUT2D eigenvalue weighted by Crippen LogP contribution is -2.60. The quantitative estimate of drug-likeness (QED) is 0.587. The molecule has 1 fully saturated rings. The first-order valence-electron chi connectivity index (χ1n) is 4.21. The zero-order chi connectivity index (χ0) is 7.45. The van der Waals surface area contributed by atoms with Crippen molar-refractivity contribution in [2.45, 2.75) is 31.4 Å². The topological polar surface area (TPSA) is 24.1 Å². The number of rotatable bonds is 2. The molecule has 0 amide bonds. The molecule has 0 spiro atoms. The molecular formula is C7H18N2Si. The van der Waals surface area contributed by atoms with Crippen LogP contribution >= 0.6 is 0 Å². The lowest BCUT2D eigenvalue weighted by molar-refractivity contribution is 0.679. The van der Waals surface area contributed by atoms with E-state index >= 15 is 0 Å². The largest absolute Gasteiger partial charge is 0.328 e. The molecule has 1 aliphatic heterocycles. The summed E-state index contributed by atoms with van der Waals surface area (Å²) in [5.74, 6) is 0. The van der Waals surface area contributed by atoms with E-state index in [0.717, 1.165) is 0 Å². The van der Waals surface area contributed by atoms with E-state index in [1.54, 1.807) is 0 Å². The van der Waals surface area contributed by atoms with Gasteiger partial charge in [0.2, 0.25) is 8.40 Å². The molecule has 1 rings (SSSR count). The molecule has 60 valence electrons. The van der Waals surface area contributed by atoms with Crippen molar-refractivity contribution in [3.63, 3.8) is 0 Å². The molecule has 0 aromatic rings. The van der Waals surface area contributed by atoms with E-state index in [4.69, 9.17) is 0 Å². The zero-order valence-corrected chi connectivity index (χ0v) is 8.04. The van der Waals surface area contributed by atoms with Crippen LogP contribution in [-0.2, 0) is 0 Å². The Bertz CT molecular complexity index is 93.8. The molecule has 1 aliphatic rings. The van der Waals surface area contributed by atoms with Crippen LogP contribution < -0.4 is 9.96 Å². The van der Waals surface area contributed by atoms with Crippen LogP contribution in [0.5, 0.6) is 0 Å². The molecule has 2 N–H and O–H groups in total. The summed E-state index contributed by atoms with van der Waals surface area (Å²) in [7, 11) is 3.08. The van der Waals surface area contributed by atoms with Crippen molar-refractivity contribution in [2.24, 2.45) is 0 Å². The fourth-order valence-electron chi connectivity index (χ4n) is 1.78. The van der Waals surface area contributed by atoms with Gasteiger partial charge in [0, 0.05) is 0 Å². The highest BCUT2D eigenvalue weighted by molar-refractivity contribution is 6.75. The second-order valence-corrected chi connectivity index (χ2v) is 7.31. The van der Waals surface area contributed by atoms with E-state index in [1.165, 1.54) is 31.4 Å². The molecule has 10 heavy (non-hydrogen) atoms. The Hall–Kier alpha value is 0.137. The van der Waals surface area contributed by atoms with Crippen LogP contribution in [0.1, 0.15) is 19.3 Å². The van der Waals surface area contributed by atoms with Gasteiger partial charge in [-0.3, -0.25) is 0 Å². The molecular weight excluding hydrogens is 140 g/mol. The molecule has 0 atom stereocenters. The van der Waals surface area contributed by atoms with Gasteiger partial charge in [0.1, 0.15) is 0 Å². The summed E-state index contributed by atoms with van der Waals surface area (Å²) in [5.41, 5.74) is 0. The van der Waals surface area contributed by atoms with E-state index in [1.807, 2.05) is 0 Å². The molecule has 1 heterocycles. The highest BCUT2D eigenvalue weighted by Crippen LogP contribution is 2.23. The maximum Gasteiger partial charge on any atom is 0.200 e. The third-order valence-electron chi connectivity index (χ3n) is 2.66. The van der Waals surface area contributed by atoms with Crippen molar-refractivity contribution in [1.29, 1.82) is 0 Å². The summed E-state index contributed by atoms with van der Waals surface area (Å²) >= 11 is 0. The second-order valence-electron chi connectivity index (χ2n) is 3.14. The van der Waals surface area contributed by atoms with Crippen LogP contribution in [0.15, 0.2) is 0 Å². The molecule has 2 nitrogen and oxygen atoms in total. The smallest absolute Gasteiger partial charge is 0.200 e. The van der Waals surface area contributed by atoms with Gasteiger partial charge in [0.05, 0.1) is 0 Å². The Kier molecular flexibility index (Phi) is 2.89. The van der Waals surface area contributed by atoms with Gasteiger partial charge in [-0.15, -0.1) is 0 Å². The summed E-state index contributed by atoms with van der Waals surface area (Å²) < 4.78 is 0. The van der Waals surface area contributed by atoms with E-state index in [0.29, 0.717) is 0 Å². The molecule has 0 saturated carbocycles. The Balaban J connectivity index is 2.44. The average Bonchev–Trinajstić information content (AvgIpc) is 2.06. The lowest BCUT2D eigenvalue weighted by Gasteiger charge is -2.33. The van der Waals surface area contributed by atoms with E-state index in [2.05, 4.69) is 24.1 Å². The van der Waals surface area contributed by atoms with Gasteiger partial charge in [-0.25, -0.2) is 0 Å². The van der Waals surface area contributed by atoms with Crippen LogP contribution in [0.3, 0.4) is 0 Å². The standard InChI is InChI=1S/C7H18N2Si/c1-8-10(9-2)6-4-3-5-7-10/h8-9H,3-7H2,1-2H3. The minimum Gasteiger partial charge on any atom is -0.328 e. The van der Waals surface area contributed by atoms with Gasteiger partial charge in [0.25, 0.3) is 0 Å².